The van der Waals surface area contributed by atoms with Gasteiger partial charge in [-0.05, 0) is 43.7 Å². The monoisotopic (exact) mass is 257 g/mol. The number of halogens is 2. The van der Waals surface area contributed by atoms with Gasteiger partial charge in [0.15, 0.2) is 0 Å². The van der Waals surface area contributed by atoms with Gasteiger partial charge in [-0.15, -0.1) is 0 Å². The molecule has 0 fully saturated rings. The SMILES string of the molecule is C=C(C)C(NCCC)c1cc(Cl)ccc1Cl. The van der Waals surface area contributed by atoms with E-state index in [1.807, 2.05) is 19.1 Å². The van der Waals surface area contributed by atoms with Crippen LogP contribution in [0.25, 0.3) is 0 Å². The van der Waals surface area contributed by atoms with Crippen molar-refractivity contribution >= 4 is 23.2 Å². The van der Waals surface area contributed by atoms with Crippen LogP contribution in [0.1, 0.15) is 31.9 Å². The molecule has 0 heterocycles. The third-order valence-corrected chi connectivity index (χ3v) is 2.94. The van der Waals surface area contributed by atoms with E-state index in [-0.39, 0.29) is 6.04 Å². The summed E-state index contributed by atoms with van der Waals surface area (Å²) in [5, 5.41) is 4.83. The Labute approximate surface area is 107 Å². The Kier molecular flexibility index (Phi) is 5.33. The highest BCUT2D eigenvalue weighted by Crippen LogP contribution is 2.29. The molecule has 1 unspecified atom stereocenters. The molecule has 1 aromatic carbocycles. The summed E-state index contributed by atoms with van der Waals surface area (Å²) in [5.41, 5.74) is 2.03. The molecule has 0 aliphatic heterocycles. The third-order valence-electron chi connectivity index (χ3n) is 2.36. The first-order valence-electron chi connectivity index (χ1n) is 5.40. The Morgan fingerprint density at radius 3 is 2.69 bits per heavy atom. The Balaban J connectivity index is 3.00. The first-order chi connectivity index (χ1) is 7.56. The van der Waals surface area contributed by atoms with Crippen LogP contribution in [0.3, 0.4) is 0 Å². The predicted octanol–water partition coefficient (Wildman–Crippen LogP) is 4.61. The van der Waals surface area contributed by atoms with Crippen LogP contribution >= 0.6 is 23.2 Å². The molecule has 16 heavy (non-hydrogen) atoms. The number of hydrogen-bond acceptors (Lipinski definition) is 1. The first-order valence-corrected chi connectivity index (χ1v) is 6.15. The van der Waals surface area contributed by atoms with E-state index >= 15 is 0 Å². The molecule has 0 aromatic heterocycles. The number of rotatable bonds is 5. The van der Waals surface area contributed by atoms with E-state index in [1.54, 1.807) is 6.07 Å². The van der Waals surface area contributed by atoms with E-state index in [0.717, 1.165) is 29.1 Å². The molecule has 1 aromatic rings. The van der Waals surface area contributed by atoms with Gasteiger partial charge in [0, 0.05) is 10.0 Å². The molecule has 0 radical (unpaired) electrons. The van der Waals surface area contributed by atoms with Gasteiger partial charge in [-0.3, -0.25) is 0 Å². The molecule has 0 spiro atoms. The Morgan fingerprint density at radius 2 is 2.12 bits per heavy atom. The molecular weight excluding hydrogens is 241 g/mol. The van der Waals surface area contributed by atoms with Crippen LogP contribution in [0.4, 0.5) is 0 Å². The minimum atomic E-state index is 0.0751. The van der Waals surface area contributed by atoms with Gasteiger partial charge >= 0.3 is 0 Å². The minimum absolute atomic E-state index is 0.0751. The molecule has 0 saturated carbocycles. The van der Waals surface area contributed by atoms with E-state index in [0.29, 0.717) is 5.02 Å². The second-order valence-corrected chi connectivity index (χ2v) is 4.74. The molecule has 0 bridgehead atoms. The van der Waals surface area contributed by atoms with Gasteiger partial charge in [-0.1, -0.05) is 42.3 Å². The van der Waals surface area contributed by atoms with Crippen molar-refractivity contribution in [3.05, 3.63) is 46.0 Å². The van der Waals surface area contributed by atoms with Crippen LogP contribution in [-0.4, -0.2) is 6.54 Å². The van der Waals surface area contributed by atoms with Gasteiger partial charge in [0.2, 0.25) is 0 Å². The molecule has 0 aliphatic rings. The van der Waals surface area contributed by atoms with Crippen LogP contribution in [-0.2, 0) is 0 Å². The van der Waals surface area contributed by atoms with E-state index in [2.05, 4.69) is 18.8 Å². The molecular formula is C13H17Cl2N. The smallest absolute Gasteiger partial charge is 0.0546 e. The molecule has 0 aliphatic carbocycles. The van der Waals surface area contributed by atoms with Crippen molar-refractivity contribution < 1.29 is 0 Å². The summed E-state index contributed by atoms with van der Waals surface area (Å²) in [4.78, 5) is 0. The van der Waals surface area contributed by atoms with Gasteiger partial charge < -0.3 is 5.32 Å². The van der Waals surface area contributed by atoms with Crippen molar-refractivity contribution in [1.29, 1.82) is 0 Å². The lowest BCUT2D eigenvalue weighted by Crippen LogP contribution is -2.23. The predicted molar refractivity (Wildman–Crippen MR) is 72.3 cm³/mol. The van der Waals surface area contributed by atoms with Crippen molar-refractivity contribution in [3.63, 3.8) is 0 Å². The number of benzene rings is 1. The van der Waals surface area contributed by atoms with Crippen molar-refractivity contribution in [2.24, 2.45) is 0 Å². The summed E-state index contributed by atoms with van der Waals surface area (Å²) in [7, 11) is 0. The van der Waals surface area contributed by atoms with E-state index in [4.69, 9.17) is 23.2 Å². The summed E-state index contributed by atoms with van der Waals surface area (Å²) < 4.78 is 0. The lowest BCUT2D eigenvalue weighted by atomic mass is 10.0. The zero-order valence-electron chi connectivity index (χ0n) is 9.69. The summed E-state index contributed by atoms with van der Waals surface area (Å²) in [5.74, 6) is 0. The van der Waals surface area contributed by atoms with Crippen molar-refractivity contribution in [2.45, 2.75) is 26.3 Å². The summed E-state index contributed by atoms with van der Waals surface area (Å²) in [6.45, 7) is 9.04. The summed E-state index contributed by atoms with van der Waals surface area (Å²) >= 11 is 12.2. The molecule has 1 atom stereocenters. The average Bonchev–Trinajstić information content (AvgIpc) is 2.23. The van der Waals surface area contributed by atoms with Gasteiger partial charge in [0.25, 0.3) is 0 Å². The van der Waals surface area contributed by atoms with E-state index in [9.17, 15) is 0 Å². The standard InChI is InChI=1S/C13H17Cl2N/c1-4-7-16-13(9(2)3)11-8-10(14)5-6-12(11)15/h5-6,8,13,16H,2,4,7H2,1,3H3. The average molecular weight is 258 g/mol. The van der Waals surface area contributed by atoms with Crippen LogP contribution in [0.5, 0.6) is 0 Å². The fourth-order valence-corrected chi connectivity index (χ4v) is 1.98. The Morgan fingerprint density at radius 1 is 1.44 bits per heavy atom. The molecule has 1 N–H and O–H groups in total. The third kappa shape index (κ3) is 3.51. The maximum atomic E-state index is 6.17. The van der Waals surface area contributed by atoms with Gasteiger partial charge in [0.05, 0.1) is 6.04 Å². The maximum Gasteiger partial charge on any atom is 0.0546 e. The summed E-state index contributed by atoms with van der Waals surface area (Å²) in [6.07, 6.45) is 1.07. The quantitative estimate of drug-likeness (QED) is 0.760. The van der Waals surface area contributed by atoms with Crippen LogP contribution < -0.4 is 5.32 Å². The molecule has 0 amide bonds. The van der Waals surface area contributed by atoms with Crippen LogP contribution in [0.15, 0.2) is 30.4 Å². The second-order valence-electron chi connectivity index (χ2n) is 3.90. The normalized spacial score (nSPS) is 12.5. The van der Waals surface area contributed by atoms with Gasteiger partial charge in [0.1, 0.15) is 0 Å². The molecule has 88 valence electrons. The molecule has 3 heteroatoms. The van der Waals surface area contributed by atoms with Gasteiger partial charge in [-0.2, -0.15) is 0 Å². The first kappa shape index (κ1) is 13.6. The minimum Gasteiger partial charge on any atom is -0.307 e. The van der Waals surface area contributed by atoms with Crippen LogP contribution in [0.2, 0.25) is 10.0 Å². The number of nitrogens with one attached hydrogen (secondary N) is 1. The fraction of sp³-hybridized carbons (Fsp3) is 0.385. The lowest BCUT2D eigenvalue weighted by molar-refractivity contribution is 0.591. The van der Waals surface area contributed by atoms with Crippen molar-refractivity contribution in [1.82, 2.24) is 5.32 Å². The van der Waals surface area contributed by atoms with Crippen molar-refractivity contribution in [2.75, 3.05) is 6.54 Å². The fourth-order valence-electron chi connectivity index (χ4n) is 1.57. The number of hydrogen-bond donors (Lipinski definition) is 1. The highest BCUT2D eigenvalue weighted by atomic mass is 35.5. The highest BCUT2D eigenvalue weighted by molar-refractivity contribution is 6.33. The largest absolute Gasteiger partial charge is 0.307 e. The molecule has 1 rings (SSSR count). The lowest BCUT2D eigenvalue weighted by Gasteiger charge is -2.20. The Hall–Kier alpha value is -0.500. The molecule has 1 nitrogen and oxygen atoms in total. The topological polar surface area (TPSA) is 12.0 Å². The summed E-state index contributed by atoms with van der Waals surface area (Å²) in [6, 6.07) is 5.59. The van der Waals surface area contributed by atoms with E-state index < -0.39 is 0 Å². The van der Waals surface area contributed by atoms with Gasteiger partial charge in [-0.25, -0.2) is 0 Å². The highest BCUT2D eigenvalue weighted by Gasteiger charge is 2.14. The van der Waals surface area contributed by atoms with Crippen LogP contribution in [0, 0.1) is 0 Å². The Bertz CT molecular complexity index is 374. The second kappa shape index (κ2) is 6.29. The zero-order valence-corrected chi connectivity index (χ0v) is 11.2. The van der Waals surface area contributed by atoms with E-state index in [1.165, 1.54) is 0 Å². The molecule has 0 saturated heterocycles. The zero-order chi connectivity index (χ0) is 12.1. The maximum absolute atomic E-state index is 6.17. The van der Waals surface area contributed by atoms with Crippen molar-refractivity contribution in [3.8, 4) is 0 Å².